The molecule has 0 radical (unpaired) electrons. The molecule has 124 heavy (non-hydrogen) atoms. The van der Waals surface area contributed by atoms with E-state index in [0.29, 0.717) is 476 Å². The molecule has 0 aliphatic carbocycles. The Morgan fingerprint density at radius 3 is 0.250 bits per heavy atom. The molecule has 0 aromatic rings. The van der Waals surface area contributed by atoms with Crippen LogP contribution in [0.3, 0.4) is 0 Å². The van der Waals surface area contributed by atoms with Gasteiger partial charge >= 0.3 is 0 Å². The van der Waals surface area contributed by atoms with E-state index in [-0.39, 0.29) is 39.6 Å². The smallest absolute Gasteiger partial charge is 0.136 e. The van der Waals surface area contributed by atoms with Crippen LogP contribution >= 0.6 is 21.6 Å². The van der Waals surface area contributed by atoms with Gasteiger partial charge in [-0.15, -0.1) is 0 Å². The maximum absolute atomic E-state index is 9.77. The van der Waals surface area contributed by atoms with Gasteiger partial charge in [-0.05, 0) is 0 Å². The van der Waals surface area contributed by atoms with E-state index in [0.717, 1.165) is 0 Å². The average molecular weight is 1860 g/mol. The van der Waals surface area contributed by atoms with Crippen LogP contribution in [0.15, 0.2) is 0 Å². The summed E-state index contributed by atoms with van der Waals surface area (Å²) in [7, 11) is 2.54. The first-order chi connectivity index (χ1) is 61.8. The molecule has 0 aliphatic rings. The maximum atomic E-state index is 9.77. The summed E-state index contributed by atoms with van der Waals surface area (Å²) in [6.07, 6.45) is 0. The molecule has 0 rings (SSSR count). The Bertz CT molecular complexity index is 1730. The Morgan fingerprint density at radius 2 is 0.177 bits per heavy atom. The van der Waals surface area contributed by atoms with Gasteiger partial charge in [-0.2, -0.15) is 0 Å². The van der Waals surface area contributed by atoms with Crippen molar-refractivity contribution in [3.05, 3.63) is 0 Å². The molecule has 2 atom stereocenters. The van der Waals surface area contributed by atoms with Gasteiger partial charge in [0.1, 0.15) is 10.9 Å². The van der Waals surface area contributed by atoms with Crippen molar-refractivity contribution in [2.24, 2.45) is 0 Å². The minimum absolute atomic E-state index is 0.0127. The van der Waals surface area contributed by atoms with E-state index in [1.807, 2.05) is 0 Å². The topological polar surface area (TPSA) is 432 Å². The Balaban J connectivity index is 3.26. The van der Waals surface area contributed by atoms with Crippen LogP contribution in [0.2, 0.25) is 0 Å². The quantitative estimate of drug-likeness (QED) is 0.0342. The summed E-state index contributed by atoms with van der Waals surface area (Å²) < 4.78 is 209. The van der Waals surface area contributed by atoms with Crippen LogP contribution in [0.4, 0.5) is 0 Å². The Labute approximate surface area is 745 Å². The zero-order valence-electron chi connectivity index (χ0n) is 74.4. The standard InChI is InChI=1S/C80H162O42S2/c81-1-3-85-5-7-87-9-11-89-13-15-91-17-19-93-21-23-95-25-27-97-29-31-99-33-35-101-37-39-103-41-43-105-45-47-107-49-51-109-53-55-111-57-59-113-61-63-115-65-67-117-69-71-119-73-75-121-79(77-83)123-124-80(78-84)122-76-74-120-72-70-118-68-66-116-64-62-114-60-58-112-56-54-110-52-50-108-48-46-106-44-42-104-40-38-102-36-34-100-32-30-98-28-26-96-24-22-94-20-18-92-16-14-90-12-10-88-8-6-86-4-2-82/h79-84H,1-78H2. The van der Waals surface area contributed by atoms with E-state index in [2.05, 4.69) is 0 Å². The molecule has 0 amide bonds. The van der Waals surface area contributed by atoms with Crippen LogP contribution in [-0.4, -0.2) is 547 Å². The Hall–Kier alpha value is -0.980. The van der Waals surface area contributed by atoms with Crippen LogP contribution in [0, 0.1) is 0 Å². The van der Waals surface area contributed by atoms with E-state index >= 15 is 0 Å². The molecule has 0 heterocycles. The summed E-state index contributed by atoms with van der Waals surface area (Å²) in [5.74, 6) is 0. The van der Waals surface area contributed by atoms with E-state index < -0.39 is 10.9 Å². The van der Waals surface area contributed by atoms with Crippen molar-refractivity contribution in [3.63, 3.8) is 0 Å². The molecule has 0 saturated heterocycles. The number of aliphatic hydroxyl groups is 4. The summed E-state index contributed by atoms with van der Waals surface area (Å²) in [5.41, 5.74) is -1.05. The van der Waals surface area contributed by atoms with E-state index in [1.165, 1.54) is 21.6 Å². The summed E-state index contributed by atoms with van der Waals surface area (Å²) in [4.78, 5) is 0. The van der Waals surface area contributed by atoms with Crippen molar-refractivity contribution in [1.29, 1.82) is 0 Å². The highest BCUT2D eigenvalue weighted by atomic mass is 33.1. The molecule has 0 fully saturated rings. The lowest BCUT2D eigenvalue weighted by Crippen LogP contribution is -2.20. The second-order valence-electron chi connectivity index (χ2n) is 24.7. The maximum Gasteiger partial charge on any atom is 0.136 e. The predicted octanol–water partition coefficient (Wildman–Crippen LogP) is -0.380. The Morgan fingerprint density at radius 1 is 0.105 bits per heavy atom. The largest absolute Gasteiger partial charge is 0.394 e. The molecule has 0 aromatic carbocycles. The van der Waals surface area contributed by atoms with Crippen molar-refractivity contribution in [2.45, 2.75) is 10.9 Å². The van der Waals surface area contributed by atoms with E-state index in [4.69, 9.17) is 190 Å². The van der Waals surface area contributed by atoms with Gasteiger partial charge in [0, 0.05) is 0 Å². The Kier molecular flexibility index (Phi) is 117. The van der Waals surface area contributed by atoms with Crippen molar-refractivity contribution in [3.8, 4) is 0 Å². The minimum Gasteiger partial charge on any atom is -0.394 e. The van der Waals surface area contributed by atoms with Gasteiger partial charge in [0.15, 0.2) is 0 Å². The van der Waals surface area contributed by atoms with Gasteiger partial charge in [-0.25, -0.2) is 0 Å². The monoisotopic (exact) mass is 1860 g/mol. The molecule has 2 unspecified atom stereocenters. The number of hydrogen-bond donors (Lipinski definition) is 4. The predicted molar refractivity (Wildman–Crippen MR) is 452 cm³/mol. The summed E-state index contributed by atoms with van der Waals surface area (Å²) in [6.45, 7) is 33.0. The molecule has 4 N–H and O–H groups in total. The second-order valence-corrected chi connectivity index (χ2v) is 27.2. The van der Waals surface area contributed by atoms with Crippen LogP contribution < -0.4 is 0 Å². The fraction of sp³-hybridized carbons (Fsp3) is 1.00. The lowest BCUT2D eigenvalue weighted by atomic mass is 10.6. The number of rotatable bonds is 119. The number of hydrogen-bond acceptors (Lipinski definition) is 44. The lowest BCUT2D eigenvalue weighted by Gasteiger charge is -2.19. The lowest BCUT2D eigenvalue weighted by molar-refractivity contribution is -0.0315. The average Bonchev–Trinajstić information content (AvgIpc) is 0.972. The SMILES string of the molecule is OCCOCCOCCOCCOCCOCCOCCOCCOCCOCCOCCOCCOCCOCCOCCOCCOCCOCCOCCOC(CO)SSC(CO)OCCOCCOCCOCCOCCOCCOCCOCCOCCOCCOCCOCCOCCOCCOCCOCCOCCOCCOCCO. The molecule has 0 aromatic heterocycles. The highest BCUT2D eigenvalue weighted by Gasteiger charge is 2.16. The highest BCUT2D eigenvalue weighted by molar-refractivity contribution is 8.77. The van der Waals surface area contributed by atoms with Crippen LogP contribution in [-0.2, 0) is 180 Å². The van der Waals surface area contributed by atoms with Crippen LogP contribution in [0.5, 0.6) is 0 Å². The first-order valence-corrected chi connectivity index (χ1v) is 45.8. The summed E-state index contributed by atoms with van der Waals surface area (Å²) >= 11 is 0. The van der Waals surface area contributed by atoms with Crippen molar-refractivity contribution in [1.82, 2.24) is 0 Å². The zero-order valence-corrected chi connectivity index (χ0v) is 76.1. The van der Waals surface area contributed by atoms with E-state index in [9.17, 15) is 10.2 Å². The van der Waals surface area contributed by atoms with Gasteiger partial charge in [0.2, 0.25) is 0 Å². The number of ether oxygens (including phenoxy) is 38. The molecule has 0 bridgehead atoms. The minimum atomic E-state index is -0.524. The van der Waals surface area contributed by atoms with Crippen molar-refractivity contribution < 1.29 is 200 Å². The third-order valence-corrected chi connectivity index (χ3v) is 17.5. The number of aliphatic hydroxyl groups excluding tert-OH is 4. The van der Waals surface area contributed by atoms with Gasteiger partial charge in [0.05, 0.1) is 515 Å². The fourth-order valence-corrected chi connectivity index (χ4v) is 10.7. The third kappa shape index (κ3) is 113. The van der Waals surface area contributed by atoms with Crippen molar-refractivity contribution >= 4 is 21.6 Å². The second kappa shape index (κ2) is 118. The summed E-state index contributed by atoms with van der Waals surface area (Å²) in [5, 5.41) is 36.8. The molecule has 746 valence electrons. The molecule has 0 saturated carbocycles. The molecule has 0 aliphatic heterocycles. The normalized spacial score (nSPS) is 12.4. The van der Waals surface area contributed by atoms with Gasteiger partial charge in [-0.1, -0.05) is 21.6 Å². The fourth-order valence-electron chi connectivity index (χ4n) is 8.63. The first-order valence-electron chi connectivity index (χ1n) is 43.6. The zero-order chi connectivity index (χ0) is 88.6. The van der Waals surface area contributed by atoms with Crippen LogP contribution in [0.1, 0.15) is 0 Å². The molecule has 42 nitrogen and oxygen atoms in total. The molecular weight excluding hydrogens is 1700 g/mol. The molecule has 44 heteroatoms. The van der Waals surface area contributed by atoms with Gasteiger partial charge < -0.3 is 200 Å². The van der Waals surface area contributed by atoms with E-state index in [1.54, 1.807) is 0 Å². The molecular formula is C80H162O42S2. The van der Waals surface area contributed by atoms with Gasteiger partial charge in [0.25, 0.3) is 0 Å². The third-order valence-electron chi connectivity index (χ3n) is 14.8. The molecule has 0 spiro atoms. The van der Waals surface area contributed by atoms with Crippen LogP contribution in [0.25, 0.3) is 0 Å². The first kappa shape index (κ1) is 123. The summed E-state index contributed by atoms with van der Waals surface area (Å²) in [6, 6.07) is 0. The highest BCUT2D eigenvalue weighted by Crippen LogP contribution is 2.32. The van der Waals surface area contributed by atoms with Gasteiger partial charge in [-0.3, -0.25) is 0 Å². The van der Waals surface area contributed by atoms with Crippen molar-refractivity contribution in [2.75, 3.05) is 515 Å².